The number of carbonyl (C=O) groups is 1. The molecule has 3 rings (SSSR count). The molecule has 1 aromatic carbocycles. The molecule has 0 spiro atoms. The molecule has 0 aliphatic carbocycles. The average Bonchev–Trinajstić information content (AvgIpc) is 3.29. The van der Waals surface area contributed by atoms with Crippen LogP contribution in [0.25, 0.3) is 10.2 Å². The molecule has 3 aromatic rings. The Balaban J connectivity index is 1.97. The number of hydrogen-bond donors (Lipinski definition) is 0. The quantitative estimate of drug-likeness (QED) is 0.595. The smallest absolute Gasteiger partial charge is 0.280 e. The zero-order valence-corrected chi connectivity index (χ0v) is 18.4. The minimum absolute atomic E-state index is 0.0903. The topological polar surface area (TPSA) is 54.3 Å². The van der Waals surface area contributed by atoms with E-state index in [1.54, 1.807) is 22.3 Å². The minimum Gasteiger partial charge on any atom is -0.309 e. The second-order valence-electron chi connectivity index (χ2n) is 7.76. The van der Waals surface area contributed by atoms with Crippen LogP contribution in [0.4, 0.5) is 5.13 Å². The molecule has 0 radical (unpaired) electrons. The summed E-state index contributed by atoms with van der Waals surface area (Å²) >= 11 is 1.59. The van der Waals surface area contributed by atoms with Gasteiger partial charge in [-0.3, -0.25) is 14.4 Å². The molecule has 6 nitrogen and oxygen atoms in total. The SMILES string of the molecule is Cc1ccc(C)c2sc(N(CCCN(C)C)C(=O)c3ccn(C(C)C)n3)nc12. The molecule has 0 saturated carbocycles. The van der Waals surface area contributed by atoms with Gasteiger partial charge in [-0.05, 0) is 71.9 Å². The van der Waals surface area contributed by atoms with Gasteiger partial charge in [0.1, 0.15) is 0 Å². The number of benzene rings is 1. The van der Waals surface area contributed by atoms with E-state index in [1.165, 1.54) is 5.56 Å². The standard InChI is InChI=1S/C21H29N5OS/c1-14(2)26-13-10-17(23-26)20(27)25(12-7-11-24(5)6)21-22-18-15(3)8-9-16(4)19(18)28-21/h8-10,13-14H,7,11-12H2,1-6H3. The monoisotopic (exact) mass is 399 g/mol. The molecule has 150 valence electrons. The summed E-state index contributed by atoms with van der Waals surface area (Å²) in [7, 11) is 4.09. The fourth-order valence-corrected chi connectivity index (χ4v) is 4.21. The molecule has 0 aliphatic heterocycles. The highest BCUT2D eigenvalue weighted by molar-refractivity contribution is 7.22. The lowest BCUT2D eigenvalue weighted by Crippen LogP contribution is -2.33. The van der Waals surface area contributed by atoms with Gasteiger partial charge in [-0.15, -0.1) is 0 Å². The Kier molecular flexibility index (Phi) is 6.15. The average molecular weight is 400 g/mol. The van der Waals surface area contributed by atoms with E-state index in [1.807, 2.05) is 25.0 Å². The highest BCUT2D eigenvalue weighted by Gasteiger charge is 2.24. The van der Waals surface area contributed by atoms with Crippen LogP contribution >= 0.6 is 11.3 Å². The third-order valence-corrected chi connectivity index (χ3v) is 5.96. The molecule has 0 fully saturated rings. The first kappa shape index (κ1) is 20.5. The Morgan fingerprint density at radius 3 is 2.46 bits per heavy atom. The molecule has 0 bridgehead atoms. The molecule has 0 atom stereocenters. The molecule has 0 N–H and O–H groups in total. The van der Waals surface area contributed by atoms with Crippen molar-refractivity contribution in [2.45, 2.75) is 40.2 Å². The van der Waals surface area contributed by atoms with E-state index >= 15 is 0 Å². The minimum atomic E-state index is -0.0903. The van der Waals surface area contributed by atoms with E-state index in [-0.39, 0.29) is 11.9 Å². The summed E-state index contributed by atoms with van der Waals surface area (Å²) in [5.74, 6) is -0.0903. The first-order valence-electron chi connectivity index (χ1n) is 9.66. The fraction of sp³-hybridized carbons (Fsp3) is 0.476. The number of amides is 1. The van der Waals surface area contributed by atoms with Crippen LogP contribution in [-0.2, 0) is 0 Å². The first-order chi connectivity index (χ1) is 13.3. The van der Waals surface area contributed by atoms with Crippen molar-refractivity contribution in [2.75, 3.05) is 32.1 Å². The summed E-state index contributed by atoms with van der Waals surface area (Å²) in [5, 5.41) is 5.23. The van der Waals surface area contributed by atoms with E-state index in [0.717, 1.165) is 33.9 Å². The predicted molar refractivity (Wildman–Crippen MR) is 117 cm³/mol. The number of thiazole rings is 1. The van der Waals surface area contributed by atoms with E-state index in [2.05, 4.69) is 49.8 Å². The lowest BCUT2D eigenvalue weighted by molar-refractivity contribution is 0.0980. The van der Waals surface area contributed by atoms with Crippen LogP contribution in [0.15, 0.2) is 24.4 Å². The van der Waals surface area contributed by atoms with Crippen LogP contribution in [0.3, 0.4) is 0 Å². The van der Waals surface area contributed by atoms with E-state index in [9.17, 15) is 4.79 Å². The Hall–Kier alpha value is -2.25. The van der Waals surface area contributed by atoms with Gasteiger partial charge in [-0.2, -0.15) is 5.10 Å². The normalized spacial score (nSPS) is 11.7. The summed E-state index contributed by atoms with van der Waals surface area (Å²) in [6.07, 6.45) is 2.74. The largest absolute Gasteiger partial charge is 0.309 e. The van der Waals surface area contributed by atoms with Crippen molar-refractivity contribution in [3.63, 3.8) is 0 Å². The van der Waals surface area contributed by atoms with Crippen molar-refractivity contribution in [3.05, 3.63) is 41.2 Å². The molecule has 28 heavy (non-hydrogen) atoms. The van der Waals surface area contributed by atoms with Gasteiger partial charge >= 0.3 is 0 Å². The molecular weight excluding hydrogens is 370 g/mol. The maximum atomic E-state index is 13.3. The van der Waals surface area contributed by atoms with Gasteiger partial charge in [-0.1, -0.05) is 23.5 Å². The van der Waals surface area contributed by atoms with E-state index < -0.39 is 0 Å². The summed E-state index contributed by atoms with van der Waals surface area (Å²) < 4.78 is 2.96. The fourth-order valence-electron chi connectivity index (χ4n) is 3.07. The highest BCUT2D eigenvalue weighted by atomic mass is 32.1. The van der Waals surface area contributed by atoms with Crippen molar-refractivity contribution in [3.8, 4) is 0 Å². The predicted octanol–water partition coefficient (Wildman–Crippen LogP) is 4.29. The van der Waals surface area contributed by atoms with Crippen molar-refractivity contribution in [1.29, 1.82) is 0 Å². The third-order valence-electron chi connectivity index (χ3n) is 4.75. The molecule has 0 unspecified atom stereocenters. The number of nitrogens with zero attached hydrogens (tertiary/aromatic N) is 5. The number of carbonyl (C=O) groups excluding carboxylic acids is 1. The second-order valence-corrected chi connectivity index (χ2v) is 8.74. The molecule has 2 aromatic heterocycles. The maximum Gasteiger partial charge on any atom is 0.280 e. The second kappa shape index (κ2) is 8.41. The van der Waals surface area contributed by atoms with Crippen LogP contribution in [-0.4, -0.2) is 52.8 Å². The summed E-state index contributed by atoms with van der Waals surface area (Å²) in [6.45, 7) is 9.78. The van der Waals surface area contributed by atoms with Gasteiger partial charge in [0, 0.05) is 18.8 Å². The van der Waals surface area contributed by atoms with Crippen molar-refractivity contribution in [2.24, 2.45) is 0 Å². The molecule has 0 aliphatic rings. The molecule has 7 heteroatoms. The van der Waals surface area contributed by atoms with Crippen molar-refractivity contribution >= 4 is 32.6 Å². The van der Waals surface area contributed by atoms with Gasteiger partial charge in [0.2, 0.25) is 0 Å². The Morgan fingerprint density at radius 1 is 1.14 bits per heavy atom. The van der Waals surface area contributed by atoms with Crippen LogP contribution in [0, 0.1) is 13.8 Å². The first-order valence-corrected chi connectivity index (χ1v) is 10.5. The van der Waals surface area contributed by atoms with Crippen molar-refractivity contribution < 1.29 is 4.79 Å². The van der Waals surface area contributed by atoms with E-state index in [0.29, 0.717) is 12.2 Å². The number of fused-ring (bicyclic) bond motifs is 1. The van der Waals surface area contributed by atoms with Crippen LogP contribution in [0.1, 0.15) is 47.9 Å². The molecule has 1 amide bonds. The number of anilines is 1. The van der Waals surface area contributed by atoms with Crippen molar-refractivity contribution in [1.82, 2.24) is 19.7 Å². The third kappa shape index (κ3) is 4.25. The Bertz CT molecular complexity index is 933. The van der Waals surface area contributed by atoms with Gasteiger partial charge in [-0.25, -0.2) is 4.98 Å². The van der Waals surface area contributed by atoms with Gasteiger partial charge in [0.05, 0.1) is 10.2 Å². The summed E-state index contributed by atoms with van der Waals surface area (Å²) in [5.41, 5.74) is 3.77. The lowest BCUT2D eigenvalue weighted by atomic mass is 10.1. The molecule has 0 saturated heterocycles. The zero-order valence-electron chi connectivity index (χ0n) is 17.6. The van der Waals surface area contributed by atoms with Gasteiger partial charge in [0.15, 0.2) is 10.8 Å². The zero-order chi connectivity index (χ0) is 20.4. The maximum absolute atomic E-state index is 13.3. The number of aryl methyl sites for hydroxylation is 2. The van der Waals surface area contributed by atoms with Gasteiger partial charge in [0.25, 0.3) is 5.91 Å². The summed E-state index contributed by atoms with van der Waals surface area (Å²) in [4.78, 5) is 22.1. The highest BCUT2D eigenvalue weighted by Crippen LogP contribution is 2.33. The van der Waals surface area contributed by atoms with E-state index in [4.69, 9.17) is 4.98 Å². The number of aromatic nitrogens is 3. The van der Waals surface area contributed by atoms with Crippen LogP contribution in [0.5, 0.6) is 0 Å². The summed E-state index contributed by atoms with van der Waals surface area (Å²) in [6, 6.07) is 6.22. The Labute approximate surface area is 170 Å². The Morgan fingerprint density at radius 2 is 1.86 bits per heavy atom. The molecular formula is C21H29N5OS. The van der Waals surface area contributed by atoms with Gasteiger partial charge < -0.3 is 4.90 Å². The number of hydrogen-bond acceptors (Lipinski definition) is 5. The van der Waals surface area contributed by atoms with Crippen LogP contribution < -0.4 is 4.90 Å². The number of rotatable bonds is 7. The van der Waals surface area contributed by atoms with Crippen LogP contribution in [0.2, 0.25) is 0 Å². The lowest BCUT2D eigenvalue weighted by Gasteiger charge is -2.20. The molecule has 2 heterocycles.